The molecule has 0 aliphatic heterocycles. The molecule has 130 valence electrons. The minimum absolute atomic E-state index is 0.156. The summed E-state index contributed by atoms with van der Waals surface area (Å²) in [6, 6.07) is 0. The summed E-state index contributed by atoms with van der Waals surface area (Å²) in [4.78, 5) is 17.8. The molecular weight excluding hydrogens is 274 g/mol. The van der Waals surface area contributed by atoms with Crippen LogP contribution in [-0.2, 0) is 9.63 Å². The number of carbonyl (C=O) groups excluding carboxylic acids is 1. The number of allylic oxidation sites excluding steroid dienone is 1. The molecule has 0 N–H and O–H groups in total. The maximum absolute atomic E-state index is 12.2. The highest BCUT2D eigenvalue weighted by atomic mass is 16.7. The standard InChI is InChI=1S/C19H37NO2/c1-4-7-9-11-12-13-14-16-19(21)20(17-6-3)22-18-15-10-8-5-2/h4H,1,5-18H2,2-3H3. The van der Waals surface area contributed by atoms with Gasteiger partial charge in [-0.1, -0.05) is 58.4 Å². The molecule has 0 aromatic carbocycles. The molecule has 0 aromatic heterocycles. The predicted octanol–water partition coefficient (Wildman–Crippen LogP) is 5.65. The third-order valence-corrected chi connectivity index (χ3v) is 3.75. The van der Waals surface area contributed by atoms with Crippen molar-refractivity contribution in [2.24, 2.45) is 0 Å². The van der Waals surface area contributed by atoms with Crippen molar-refractivity contribution in [1.29, 1.82) is 0 Å². The Balaban J connectivity index is 3.72. The second-order valence-electron chi connectivity index (χ2n) is 5.98. The average molecular weight is 312 g/mol. The van der Waals surface area contributed by atoms with Crippen molar-refractivity contribution in [3.63, 3.8) is 0 Å². The fraction of sp³-hybridized carbons (Fsp3) is 0.842. The maximum Gasteiger partial charge on any atom is 0.246 e. The molecule has 0 rings (SSSR count). The maximum atomic E-state index is 12.2. The third kappa shape index (κ3) is 12.9. The van der Waals surface area contributed by atoms with Gasteiger partial charge in [-0.2, -0.15) is 0 Å². The van der Waals surface area contributed by atoms with Crippen molar-refractivity contribution in [3.05, 3.63) is 12.7 Å². The van der Waals surface area contributed by atoms with E-state index in [2.05, 4.69) is 20.4 Å². The van der Waals surface area contributed by atoms with Gasteiger partial charge in [0.1, 0.15) is 0 Å². The van der Waals surface area contributed by atoms with Crippen molar-refractivity contribution in [2.45, 2.75) is 90.9 Å². The summed E-state index contributed by atoms with van der Waals surface area (Å²) in [7, 11) is 0. The van der Waals surface area contributed by atoms with E-state index in [1.54, 1.807) is 5.06 Å². The van der Waals surface area contributed by atoms with E-state index in [-0.39, 0.29) is 5.91 Å². The smallest absolute Gasteiger partial charge is 0.246 e. The first-order valence-corrected chi connectivity index (χ1v) is 9.30. The van der Waals surface area contributed by atoms with Gasteiger partial charge in [0.25, 0.3) is 0 Å². The van der Waals surface area contributed by atoms with E-state index in [1.165, 1.54) is 38.5 Å². The summed E-state index contributed by atoms with van der Waals surface area (Å²) in [6.07, 6.45) is 15.2. The molecule has 0 aromatic rings. The Hall–Kier alpha value is -0.830. The lowest BCUT2D eigenvalue weighted by molar-refractivity contribution is -0.187. The monoisotopic (exact) mass is 311 g/mol. The van der Waals surface area contributed by atoms with Crippen molar-refractivity contribution in [3.8, 4) is 0 Å². The zero-order valence-corrected chi connectivity index (χ0v) is 14.9. The predicted molar refractivity (Wildman–Crippen MR) is 94.6 cm³/mol. The molecule has 0 saturated carbocycles. The van der Waals surface area contributed by atoms with E-state index in [0.29, 0.717) is 19.6 Å². The summed E-state index contributed by atoms with van der Waals surface area (Å²) >= 11 is 0. The number of hydrogen-bond acceptors (Lipinski definition) is 2. The quantitative estimate of drug-likeness (QED) is 0.209. The van der Waals surface area contributed by atoms with Gasteiger partial charge in [-0.3, -0.25) is 9.63 Å². The molecular formula is C19H37NO2. The van der Waals surface area contributed by atoms with Crippen LogP contribution in [0.1, 0.15) is 90.9 Å². The van der Waals surface area contributed by atoms with Crippen molar-refractivity contribution in [1.82, 2.24) is 5.06 Å². The van der Waals surface area contributed by atoms with E-state index in [1.807, 2.05) is 6.08 Å². The van der Waals surface area contributed by atoms with Crippen LogP contribution in [-0.4, -0.2) is 24.1 Å². The van der Waals surface area contributed by atoms with Crippen LogP contribution in [0.5, 0.6) is 0 Å². The van der Waals surface area contributed by atoms with Gasteiger partial charge in [-0.25, -0.2) is 5.06 Å². The van der Waals surface area contributed by atoms with Crippen LogP contribution in [0.15, 0.2) is 12.7 Å². The van der Waals surface area contributed by atoms with Crippen LogP contribution in [0.3, 0.4) is 0 Å². The van der Waals surface area contributed by atoms with Gasteiger partial charge >= 0.3 is 0 Å². The van der Waals surface area contributed by atoms with Crippen LogP contribution in [0.25, 0.3) is 0 Å². The first-order valence-electron chi connectivity index (χ1n) is 9.30. The van der Waals surface area contributed by atoms with E-state index in [4.69, 9.17) is 4.84 Å². The summed E-state index contributed by atoms with van der Waals surface area (Å²) in [6.45, 7) is 9.40. The Kier molecular flexibility index (Phi) is 15.9. The zero-order chi connectivity index (χ0) is 16.5. The number of hydrogen-bond donors (Lipinski definition) is 0. The molecule has 0 fully saturated rings. The van der Waals surface area contributed by atoms with Gasteiger partial charge < -0.3 is 0 Å². The second kappa shape index (κ2) is 16.5. The second-order valence-corrected chi connectivity index (χ2v) is 5.98. The molecule has 0 saturated heterocycles. The molecule has 22 heavy (non-hydrogen) atoms. The highest BCUT2D eigenvalue weighted by Gasteiger charge is 2.12. The Bertz CT molecular complexity index is 266. The largest absolute Gasteiger partial charge is 0.273 e. The molecule has 0 aliphatic rings. The minimum atomic E-state index is 0.156. The lowest BCUT2D eigenvalue weighted by Gasteiger charge is -2.21. The molecule has 0 radical (unpaired) electrons. The first-order chi connectivity index (χ1) is 10.8. The number of rotatable bonds is 16. The summed E-state index contributed by atoms with van der Waals surface area (Å²) in [5, 5.41) is 1.60. The van der Waals surface area contributed by atoms with Crippen molar-refractivity contribution in [2.75, 3.05) is 13.2 Å². The van der Waals surface area contributed by atoms with Gasteiger partial charge in [0.15, 0.2) is 0 Å². The third-order valence-electron chi connectivity index (χ3n) is 3.75. The van der Waals surface area contributed by atoms with Crippen LogP contribution < -0.4 is 0 Å². The highest BCUT2D eigenvalue weighted by Crippen LogP contribution is 2.10. The van der Waals surface area contributed by atoms with E-state index >= 15 is 0 Å². The van der Waals surface area contributed by atoms with Crippen LogP contribution >= 0.6 is 0 Å². The van der Waals surface area contributed by atoms with E-state index < -0.39 is 0 Å². The van der Waals surface area contributed by atoms with Gasteiger partial charge in [0.05, 0.1) is 6.61 Å². The molecule has 3 nitrogen and oxygen atoms in total. The zero-order valence-electron chi connectivity index (χ0n) is 14.9. The SMILES string of the molecule is C=CCCCCCCCC(=O)N(CCC)OCCCCCC. The summed E-state index contributed by atoms with van der Waals surface area (Å²) < 4.78 is 0. The van der Waals surface area contributed by atoms with Crippen LogP contribution in [0.2, 0.25) is 0 Å². The molecule has 0 spiro atoms. The van der Waals surface area contributed by atoms with Gasteiger partial charge in [0.2, 0.25) is 5.91 Å². The van der Waals surface area contributed by atoms with Gasteiger partial charge in [-0.15, -0.1) is 6.58 Å². The fourth-order valence-corrected chi connectivity index (χ4v) is 2.39. The number of unbranched alkanes of at least 4 members (excludes halogenated alkanes) is 8. The van der Waals surface area contributed by atoms with Crippen molar-refractivity contribution >= 4 is 5.91 Å². The Morgan fingerprint density at radius 2 is 1.64 bits per heavy atom. The lowest BCUT2D eigenvalue weighted by Crippen LogP contribution is -2.32. The molecule has 0 atom stereocenters. The minimum Gasteiger partial charge on any atom is -0.273 e. The van der Waals surface area contributed by atoms with Gasteiger partial charge in [-0.05, 0) is 32.1 Å². The summed E-state index contributed by atoms with van der Waals surface area (Å²) in [5.74, 6) is 0.156. The Labute approximate surface area is 138 Å². The fourth-order valence-electron chi connectivity index (χ4n) is 2.39. The van der Waals surface area contributed by atoms with Gasteiger partial charge in [0, 0.05) is 13.0 Å². The molecule has 0 unspecified atom stereocenters. The summed E-state index contributed by atoms with van der Waals surface area (Å²) in [5.41, 5.74) is 0. The molecule has 1 amide bonds. The molecule has 0 bridgehead atoms. The normalized spacial score (nSPS) is 10.6. The number of amides is 1. The van der Waals surface area contributed by atoms with Crippen molar-refractivity contribution < 1.29 is 9.63 Å². The van der Waals surface area contributed by atoms with E-state index in [9.17, 15) is 4.79 Å². The lowest BCUT2D eigenvalue weighted by atomic mass is 10.1. The van der Waals surface area contributed by atoms with E-state index in [0.717, 1.165) is 32.1 Å². The average Bonchev–Trinajstić information content (AvgIpc) is 2.52. The Morgan fingerprint density at radius 3 is 2.32 bits per heavy atom. The molecule has 0 aliphatic carbocycles. The molecule has 0 heterocycles. The van der Waals surface area contributed by atoms with Crippen LogP contribution in [0, 0.1) is 0 Å². The molecule has 3 heteroatoms. The number of carbonyl (C=O) groups is 1. The van der Waals surface area contributed by atoms with Crippen LogP contribution in [0.4, 0.5) is 0 Å². The number of nitrogens with zero attached hydrogens (tertiary/aromatic N) is 1. The highest BCUT2D eigenvalue weighted by molar-refractivity contribution is 5.74. The Morgan fingerprint density at radius 1 is 0.955 bits per heavy atom. The topological polar surface area (TPSA) is 29.5 Å². The number of hydroxylamine groups is 2. The first kappa shape index (κ1) is 21.2.